The summed E-state index contributed by atoms with van der Waals surface area (Å²) in [4.78, 5) is 24.3. The van der Waals surface area contributed by atoms with Crippen molar-refractivity contribution in [2.24, 2.45) is 0 Å². The number of rotatable bonds is 6. The minimum absolute atomic E-state index is 0.309. The predicted molar refractivity (Wildman–Crippen MR) is 102 cm³/mol. The molecule has 0 spiro atoms. The number of nitrogens with zero attached hydrogens (tertiary/aromatic N) is 1. The van der Waals surface area contributed by atoms with Crippen LogP contribution in [0.4, 0.5) is 5.69 Å². The number of hydrogen-bond acceptors (Lipinski definition) is 5. The molecule has 2 aromatic rings. The molecule has 0 saturated heterocycles. The Morgan fingerprint density at radius 2 is 1.74 bits per heavy atom. The van der Waals surface area contributed by atoms with Gasteiger partial charge in [-0.15, -0.1) is 0 Å². The molecule has 0 bridgehead atoms. The fourth-order valence-electron chi connectivity index (χ4n) is 2.01. The summed E-state index contributed by atoms with van der Waals surface area (Å²) in [5.41, 5.74) is 0.793. The van der Waals surface area contributed by atoms with Gasteiger partial charge in [-0.25, -0.2) is 4.79 Å². The zero-order valence-corrected chi connectivity index (χ0v) is 16.0. The number of anilines is 1. The highest BCUT2D eigenvalue weighted by molar-refractivity contribution is 6.35. The number of ether oxygens (including phenoxy) is 2. The van der Waals surface area contributed by atoms with Crippen LogP contribution in [-0.4, -0.2) is 24.1 Å². The maximum absolute atomic E-state index is 12.2. The summed E-state index contributed by atoms with van der Waals surface area (Å²) in [7, 11) is 0. The fourth-order valence-corrected chi connectivity index (χ4v) is 2.35. The van der Waals surface area contributed by atoms with Gasteiger partial charge in [0.15, 0.2) is 12.2 Å². The Kier molecular flexibility index (Phi) is 7.05. The van der Waals surface area contributed by atoms with Crippen molar-refractivity contribution in [3.8, 4) is 11.8 Å². The van der Waals surface area contributed by atoms with Crippen LogP contribution in [0.1, 0.15) is 19.4 Å². The standard InChI is InChI=1S/C19H16Cl2N2O4/c1-11(18(24)23-17-9-14(20)5-8-16(17)21)27-19(25)12(2)26-15-6-3-13(10-22)4-7-15/h3-9,11-12H,1-2H3,(H,23,24). The lowest BCUT2D eigenvalue weighted by Gasteiger charge is -2.18. The topological polar surface area (TPSA) is 88.4 Å². The SMILES string of the molecule is CC(OC(=O)C(C)Oc1ccc(C#N)cc1)C(=O)Nc1cc(Cl)ccc1Cl. The molecule has 0 saturated carbocycles. The van der Waals surface area contributed by atoms with Crippen LogP contribution in [0.3, 0.4) is 0 Å². The van der Waals surface area contributed by atoms with Gasteiger partial charge in [0.2, 0.25) is 0 Å². The average Bonchev–Trinajstić information content (AvgIpc) is 2.65. The highest BCUT2D eigenvalue weighted by Crippen LogP contribution is 2.25. The van der Waals surface area contributed by atoms with Gasteiger partial charge in [-0.1, -0.05) is 23.2 Å². The van der Waals surface area contributed by atoms with E-state index in [1.54, 1.807) is 36.4 Å². The monoisotopic (exact) mass is 406 g/mol. The molecular formula is C19H16Cl2N2O4. The molecule has 6 nitrogen and oxygen atoms in total. The van der Waals surface area contributed by atoms with Gasteiger partial charge in [0.25, 0.3) is 5.91 Å². The van der Waals surface area contributed by atoms with E-state index in [0.29, 0.717) is 27.0 Å². The Labute approximate surface area is 166 Å². The van der Waals surface area contributed by atoms with Crippen molar-refractivity contribution < 1.29 is 19.1 Å². The molecule has 0 aliphatic heterocycles. The molecule has 0 fully saturated rings. The summed E-state index contributed by atoms with van der Waals surface area (Å²) in [5.74, 6) is -0.862. The molecule has 0 radical (unpaired) electrons. The zero-order chi connectivity index (χ0) is 20.0. The lowest BCUT2D eigenvalue weighted by molar-refractivity contribution is -0.159. The van der Waals surface area contributed by atoms with E-state index in [1.165, 1.54) is 19.9 Å². The number of nitriles is 1. The smallest absolute Gasteiger partial charge is 0.347 e. The molecule has 27 heavy (non-hydrogen) atoms. The summed E-state index contributed by atoms with van der Waals surface area (Å²) < 4.78 is 10.6. The number of halogens is 2. The number of benzene rings is 2. The minimum atomic E-state index is -1.07. The van der Waals surface area contributed by atoms with E-state index < -0.39 is 24.1 Å². The molecule has 0 aliphatic rings. The first kappa shape index (κ1) is 20.6. The number of carbonyl (C=O) groups excluding carboxylic acids is 2. The zero-order valence-electron chi connectivity index (χ0n) is 14.5. The summed E-state index contributed by atoms with van der Waals surface area (Å²) in [6, 6.07) is 12.9. The summed E-state index contributed by atoms with van der Waals surface area (Å²) in [6.07, 6.45) is -2.01. The second-order valence-electron chi connectivity index (χ2n) is 5.59. The maximum Gasteiger partial charge on any atom is 0.347 e. The van der Waals surface area contributed by atoms with Crippen LogP contribution in [0.2, 0.25) is 10.0 Å². The quantitative estimate of drug-likeness (QED) is 0.725. The van der Waals surface area contributed by atoms with Crippen LogP contribution in [-0.2, 0) is 14.3 Å². The minimum Gasteiger partial charge on any atom is -0.479 e. The van der Waals surface area contributed by atoms with E-state index in [-0.39, 0.29) is 0 Å². The number of carbonyl (C=O) groups is 2. The molecule has 2 atom stereocenters. The van der Waals surface area contributed by atoms with Gasteiger partial charge in [-0.3, -0.25) is 4.79 Å². The first-order chi connectivity index (χ1) is 12.8. The van der Waals surface area contributed by atoms with E-state index in [4.69, 9.17) is 37.9 Å². The van der Waals surface area contributed by atoms with Gasteiger partial charge in [0.1, 0.15) is 5.75 Å². The van der Waals surface area contributed by atoms with Gasteiger partial charge in [-0.2, -0.15) is 5.26 Å². The van der Waals surface area contributed by atoms with Crippen molar-refractivity contribution >= 4 is 40.8 Å². The molecule has 1 amide bonds. The van der Waals surface area contributed by atoms with Crippen molar-refractivity contribution in [1.82, 2.24) is 0 Å². The Morgan fingerprint density at radius 1 is 1.07 bits per heavy atom. The van der Waals surface area contributed by atoms with E-state index in [9.17, 15) is 9.59 Å². The lowest BCUT2D eigenvalue weighted by atomic mass is 10.2. The number of esters is 1. The summed E-state index contributed by atoms with van der Waals surface area (Å²) in [5, 5.41) is 12.0. The Bertz CT molecular complexity index is 878. The highest BCUT2D eigenvalue weighted by atomic mass is 35.5. The average molecular weight is 407 g/mol. The van der Waals surface area contributed by atoms with E-state index in [1.807, 2.05) is 6.07 Å². The third-order valence-corrected chi connectivity index (χ3v) is 4.04. The van der Waals surface area contributed by atoms with Crippen molar-refractivity contribution in [1.29, 1.82) is 5.26 Å². The molecule has 8 heteroatoms. The third kappa shape index (κ3) is 5.88. The van der Waals surface area contributed by atoms with Crippen LogP contribution in [0.15, 0.2) is 42.5 Å². The Morgan fingerprint density at radius 3 is 2.37 bits per heavy atom. The van der Waals surface area contributed by atoms with Crippen LogP contribution in [0.5, 0.6) is 5.75 Å². The number of nitrogens with one attached hydrogen (secondary N) is 1. The van der Waals surface area contributed by atoms with Crippen molar-refractivity contribution in [3.05, 3.63) is 58.1 Å². The molecule has 0 aromatic heterocycles. The van der Waals surface area contributed by atoms with Gasteiger partial charge < -0.3 is 14.8 Å². The van der Waals surface area contributed by atoms with Crippen molar-refractivity contribution in [2.75, 3.05) is 5.32 Å². The number of hydrogen-bond donors (Lipinski definition) is 1. The van der Waals surface area contributed by atoms with Crippen LogP contribution in [0, 0.1) is 11.3 Å². The molecule has 0 aliphatic carbocycles. The fraction of sp³-hybridized carbons (Fsp3) is 0.211. The van der Waals surface area contributed by atoms with Crippen LogP contribution in [0.25, 0.3) is 0 Å². The van der Waals surface area contributed by atoms with Gasteiger partial charge >= 0.3 is 5.97 Å². The van der Waals surface area contributed by atoms with E-state index in [0.717, 1.165) is 0 Å². The summed E-state index contributed by atoms with van der Waals surface area (Å²) >= 11 is 11.9. The van der Waals surface area contributed by atoms with Crippen molar-refractivity contribution in [3.63, 3.8) is 0 Å². The van der Waals surface area contributed by atoms with Crippen molar-refractivity contribution in [2.45, 2.75) is 26.1 Å². The molecule has 2 rings (SSSR count). The first-order valence-corrected chi connectivity index (χ1v) is 8.69. The molecular weight excluding hydrogens is 391 g/mol. The maximum atomic E-state index is 12.2. The normalized spacial score (nSPS) is 12.4. The van der Waals surface area contributed by atoms with Gasteiger partial charge in [0, 0.05) is 5.02 Å². The molecule has 2 aromatic carbocycles. The Hall–Kier alpha value is -2.75. The van der Waals surface area contributed by atoms with Crippen LogP contribution < -0.4 is 10.1 Å². The molecule has 0 heterocycles. The molecule has 1 N–H and O–H groups in total. The second-order valence-corrected chi connectivity index (χ2v) is 6.43. The summed E-state index contributed by atoms with van der Waals surface area (Å²) in [6.45, 7) is 2.93. The predicted octanol–water partition coefficient (Wildman–Crippen LogP) is 4.20. The van der Waals surface area contributed by atoms with Gasteiger partial charge in [0.05, 0.1) is 22.3 Å². The van der Waals surface area contributed by atoms with Gasteiger partial charge in [-0.05, 0) is 56.3 Å². The second kappa shape index (κ2) is 9.26. The Balaban J connectivity index is 1.92. The largest absolute Gasteiger partial charge is 0.479 e. The lowest BCUT2D eigenvalue weighted by Crippen LogP contribution is -2.35. The van der Waals surface area contributed by atoms with E-state index >= 15 is 0 Å². The highest BCUT2D eigenvalue weighted by Gasteiger charge is 2.23. The number of amides is 1. The van der Waals surface area contributed by atoms with E-state index in [2.05, 4.69) is 5.32 Å². The first-order valence-electron chi connectivity index (χ1n) is 7.93. The van der Waals surface area contributed by atoms with Crippen LogP contribution >= 0.6 is 23.2 Å². The molecule has 2 unspecified atom stereocenters. The molecule has 140 valence electrons. The third-order valence-electron chi connectivity index (χ3n) is 3.48.